The standard InChI is InChI=1S/C15H14N2O5S/c1-9(18)15(10(2)19)17-16-13-7-8-14(23(20,21)22)12-6-4-3-5-11(12)13/h3-8,15H,1-2H3,(H,20,21,22). The zero-order chi connectivity index (χ0) is 17.2. The van der Waals surface area contributed by atoms with Gasteiger partial charge in [0.2, 0.25) is 0 Å². The van der Waals surface area contributed by atoms with Gasteiger partial charge in [-0.25, -0.2) is 0 Å². The van der Waals surface area contributed by atoms with Gasteiger partial charge in [0, 0.05) is 10.8 Å². The smallest absolute Gasteiger partial charge is 0.295 e. The van der Waals surface area contributed by atoms with E-state index in [2.05, 4.69) is 10.2 Å². The van der Waals surface area contributed by atoms with Crippen LogP contribution >= 0.6 is 0 Å². The van der Waals surface area contributed by atoms with Crippen molar-refractivity contribution in [1.82, 2.24) is 0 Å². The molecular weight excluding hydrogens is 320 g/mol. The number of carbonyl (C=O) groups is 2. The maximum atomic E-state index is 11.4. The summed E-state index contributed by atoms with van der Waals surface area (Å²) in [6, 6.07) is 7.78. The molecule has 0 saturated heterocycles. The maximum absolute atomic E-state index is 11.4. The highest BCUT2D eigenvalue weighted by atomic mass is 32.2. The number of Topliss-reactive ketones (excluding diaryl/α,β-unsaturated/α-hetero) is 2. The van der Waals surface area contributed by atoms with Crippen molar-refractivity contribution in [3.05, 3.63) is 36.4 Å². The summed E-state index contributed by atoms with van der Waals surface area (Å²) in [6.07, 6.45) is 0. The second-order valence-electron chi connectivity index (χ2n) is 4.94. The predicted octanol–water partition coefficient (Wildman–Crippen LogP) is 2.72. The van der Waals surface area contributed by atoms with Crippen LogP contribution in [-0.2, 0) is 19.7 Å². The molecule has 1 N–H and O–H groups in total. The van der Waals surface area contributed by atoms with E-state index in [1.54, 1.807) is 18.2 Å². The van der Waals surface area contributed by atoms with Gasteiger partial charge in [0.1, 0.15) is 4.90 Å². The molecule has 0 bridgehead atoms. The Kier molecular flexibility index (Phi) is 4.67. The fraction of sp³-hybridized carbons (Fsp3) is 0.200. The minimum Gasteiger partial charge on any atom is -0.297 e. The van der Waals surface area contributed by atoms with Gasteiger partial charge in [0.05, 0.1) is 5.69 Å². The third kappa shape index (κ3) is 3.66. The van der Waals surface area contributed by atoms with Gasteiger partial charge in [-0.15, -0.1) is 0 Å². The SMILES string of the molecule is CC(=O)C(N=Nc1ccc(S(=O)(=O)O)c2ccccc12)C(C)=O. The fourth-order valence-corrected chi connectivity index (χ4v) is 2.83. The van der Waals surface area contributed by atoms with E-state index < -0.39 is 27.7 Å². The minimum atomic E-state index is -4.38. The van der Waals surface area contributed by atoms with Gasteiger partial charge in [0.25, 0.3) is 10.1 Å². The van der Waals surface area contributed by atoms with E-state index in [0.29, 0.717) is 11.1 Å². The van der Waals surface area contributed by atoms with Crippen LogP contribution in [0.4, 0.5) is 5.69 Å². The number of azo groups is 1. The van der Waals surface area contributed by atoms with Crippen LogP contribution in [0.3, 0.4) is 0 Å². The Morgan fingerprint density at radius 3 is 2.09 bits per heavy atom. The molecule has 0 heterocycles. The van der Waals surface area contributed by atoms with Crippen LogP contribution in [-0.4, -0.2) is 30.6 Å². The number of hydrogen-bond acceptors (Lipinski definition) is 6. The van der Waals surface area contributed by atoms with Crippen LogP contribution < -0.4 is 0 Å². The third-order valence-electron chi connectivity index (χ3n) is 3.19. The lowest BCUT2D eigenvalue weighted by Crippen LogP contribution is -2.23. The van der Waals surface area contributed by atoms with Crippen LogP contribution in [0.1, 0.15) is 13.8 Å². The summed E-state index contributed by atoms with van der Waals surface area (Å²) < 4.78 is 32.1. The Hall–Kier alpha value is -2.45. The van der Waals surface area contributed by atoms with Crippen molar-refractivity contribution in [3.8, 4) is 0 Å². The van der Waals surface area contributed by atoms with E-state index in [1.807, 2.05) is 0 Å². The van der Waals surface area contributed by atoms with Crippen LogP contribution in [0.5, 0.6) is 0 Å². The van der Waals surface area contributed by atoms with Crippen molar-refractivity contribution in [2.45, 2.75) is 24.8 Å². The molecule has 0 aliphatic carbocycles. The molecule has 2 aromatic carbocycles. The zero-order valence-electron chi connectivity index (χ0n) is 12.4. The van der Waals surface area contributed by atoms with E-state index in [0.717, 1.165) is 0 Å². The van der Waals surface area contributed by atoms with Crippen molar-refractivity contribution in [2.75, 3.05) is 0 Å². The second-order valence-corrected chi connectivity index (χ2v) is 6.33. The normalized spacial score (nSPS) is 12.2. The predicted molar refractivity (Wildman–Crippen MR) is 83.4 cm³/mol. The minimum absolute atomic E-state index is 0.248. The van der Waals surface area contributed by atoms with Crippen molar-refractivity contribution in [2.24, 2.45) is 10.2 Å². The average molecular weight is 334 g/mol. The van der Waals surface area contributed by atoms with E-state index >= 15 is 0 Å². The highest BCUT2D eigenvalue weighted by molar-refractivity contribution is 7.86. The van der Waals surface area contributed by atoms with Gasteiger partial charge in [-0.3, -0.25) is 14.1 Å². The summed E-state index contributed by atoms with van der Waals surface area (Å²) in [5.41, 5.74) is 0.292. The number of hydrogen-bond donors (Lipinski definition) is 1. The first-order valence-corrected chi connectivity index (χ1v) is 8.07. The van der Waals surface area contributed by atoms with Crippen molar-refractivity contribution < 1.29 is 22.6 Å². The van der Waals surface area contributed by atoms with Crippen LogP contribution in [0.25, 0.3) is 10.8 Å². The number of nitrogens with zero attached hydrogens (tertiary/aromatic N) is 2. The first kappa shape index (κ1) is 16.9. The molecule has 0 aromatic heterocycles. The van der Waals surface area contributed by atoms with Gasteiger partial charge in [-0.05, 0) is 26.0 Å². The topological polar surface area (TPSA) is 113 Å². The van der Waals surface area contributed by atoms with E-state index in [-0.39, 0.29) is 10.3 Å². The molecule has 0 amide bonds. The van der Waals surface area contributed by atoms with Gasteiger partial charge < -0.3 is 0 Å². The lowest BCUT2D eigenvalue weighted by atomic mass is 10.1. The summed E-state index contributed by atoms with van der Waals surface area (Å²) in [5.74, 6) is -0.861. The van der Waals surface area contributed by atoms with E-state index in [9.17, 15) is 22.6 Å². The molecule has 0 fully saturated rings. The summed E-state index contributed by atoms with van der Waals surface area (Å²) in [5, 5.41) is 8.36. The van der Waals surface area contributed by atoms with E-state index in [1.165, 1.54) is 32.0 Å². The molecular formula is C15H14N2O5S. The first-order chi connectivity index (χ1) is 10.7. The van der Waals surface area contributed by atoms with Crippen LogP contribution in [0, 0.1) is 0 Å². The average Bonchev–Trinajstić information content (AvgIpc) is 2.45. The Morgan fingerprint density at radius 1 is 1.00 bits per heavy atom. The van der Waals surface area contributed by atoms with Crippen LogP contribution in [0.2, 0.25) is 0 Å². The molecule has 2 aromatic rings. The molecule has 0 aliphatic rings. The summed E-state index contributed by atoms with van der Waals surface area (Å²) in [4.78, 5) is 22.5. The molecule has 0 unspecified atom stereocenters. The first-order valence-electron chi connectivity index (χ1n) is 6.63. The van der Waals surface area contributed by atoms with Gasteiger partial charge >= 0.3 is 0 Å². The Balaban J connectivity index is 2.60. The largest absolute Gasteiger partial charge is 0.297 e. The summed E-state index contributed by atoms with van der Waals surface area (Å²) in [6.45, 7) is 2.48. The molecule has 0 atom stereocenters. The molecule has 120 valence electrons. The quantitative estimate of drug-likeness (QED) is 0.513. The van der Waals surface area contributed by atoms with Crippen LogP contribution in [0.15, 0.2) is 51.5 Å². The van der Waals surface area contributed by atoms with Crippen molar-refractivity contribution >= 4 is 38.1 Å². The van der Waals surface area contributed by atoms with Crippen molar-refractivity contribution in [1.29, 1.82) is 0 Å². The van der Waals surface area contributed by atoms with E-state index in [4.69, 9.17) is 0 Å². The van der Waals surface area contributed by atoms with Crippen molar-refractivity contribution in [3.63, 3.8) is 0 Å². The molecule has 0 saturated carbocycles. The number of fused-ring (bicyclic) bond motifs is 1. The van der Waals surface area contributed by atoms with Gasteiger partial charge in [0.15, 0.2) is 17.6 Å². The highest BCUT2D eigenvalue weighted by Gasteiger charge is 2.19. The Morgan fingerprint density at radius 2 is 1.57 bits per heavy atom. The monoisotopic (exact) mass is 334 g/mol. The molecule has 8 heteroatoms. The third-order valence-corrected chi connectivity index (χ3v) is 4.10. The van der Waals surface area contributed by atoms with Gasteiger partial charge in [-0.1, -0.05) is 24.3 Å². The second kappa shape index (κ2) is 6.35. The lowest BCUT2D eigenvalue weighted by molar-refractivity contribution is -0.126. The lowest BCUT2D eigenvalue weighted by Gasteiger charge is -2.07. The highest BCUT2D eigenvalue weighted by Crippen LogP contribution is 2.31. The number of rotatable bonds is 5. The molecule has 2 rings (SSSR count). The molecule has 0 spiro atoms. The summed E-state index contributed by atoms with van der Waals surface area (Å²) in [7, 11) is -4.38. The number of carbonyl (C=O) groups excluding carboxylic acids is 2. The molecule has 0 radical (unpaired) electrons. The van der Waals surface area contributed by atoms with Gasteiger partial charge in [-0.2, -0.15) is 18.6 Å². The molecule has 23 heavy (non-hydrogen) atoms. The summed E-state index contributed by atoms with van der Waals surface area (Å²) >= 11 is 0. The zero-order valence-corrected chi connectivity index (χ0v) is 13.2. The maximum Gasteiger partial charge on any atom is 0.295 e. The number of ketones is 2. The molecule has 7 nitrogen and oxygen atoms in total. The number of benzene rings is 2. The Labute approximate surface area is 132 Å². The molecule has 0 aliphatic heterocycles. The fourth-order valence-electron chi connectivity index (χ4n) is 2.14. The Bertz CT molecular complexity index is 905.